The first kappa shape index (κ1) is 21.2. The molecule has 1 heterocycles. The Morgan fingerprint density at radius 1 is 0.967 bits per heavy atom. The van der Waals surface area contributed by atoms with E-state index in [9.17, 15) is 19.2 Å². The number of para-hydroxylation sites is 1. The zero-order valence-electron chi connectivity index (χ0n) is 16.9. The molecule has 0 radical (unpaired) electrons. The number of esters is 1. The number of carbonyl (C=O) groups excluding carboxylic acids is 4. The number of nitrogens with one attached hydrogen (secondary N) is 1. The lowest BCUT2D eigenvalue weighted by molar-refractivity contribution is -0.121. The molecular formula is C22H22N2O6. The molecule has 156 valence electrons. The molecule has 2 aromatic carbocycles. The first-order valence-corrected chi connectivity index (χ1v) is 9.29. The minimum Gasteiger partial charge on any atom is -0.465 e. The fraction of sp³-hybridized carbons (Fsp3) is 0.273. The van der Waals surface area contributed by atoms with Gasteiger partial charge in [0.15, 0.2) is 0 Å². The lowest BCUT2D eigenvalue weighted by Crippen LogP contribution is -2.50. The Labute approximate surface area is 173 Å². The van der Waals surface area contributed by atoms with Crippen LogP contribution in [0.25, 0.3) is 0 Å². The molecule has 0 fully saturated rings. The zero-order chi connectivity index (χ0) is 21.9. The Balaban J connectivity index is 1.60. The van der Waals surface area contributed by atoms with Gasteiger partial charge in [-0.15, -0.1) is 0 Å². The summed E-state index contributed by atoms with van der Waals surface area (Å²) in [6.07, 6.45) is 0. The molecule has 8 nitrogen and oxygen atoms in total. The first-order chi connectivity index (χ1) is 14.3. The summed E-state index contributed by atoms with van der Waals surface area (Å²) in [7, 11) is 1.26. The molecule has 0 unspecified atom stereocenters. The number of benzene rings is 2. The SMILES string of the molecule is COC(=O)c1ccccc1NC(=O)COCC(C)(C)N1C(=O)c2ccccc2C1=O. The van der Waals surface area contributed by atoms with E-state index < -0.39 is 17.4 Å². The number of methoxy groups -OCH3 is 1. The minimum absolute atomic E-state index is 0.0372. The summed E-state index contributed by atoms with van der Waals surface area (Å²) in [5, 5.41) is 2.60. The molecule has 1 aliphatic rings. The second-order valence-corrected chi connectivity index (χ2v) is 7.38. The largest absolute Gasteiger partial charge is 0.465 e. The number of rotatable bonds is 7. The third-order valence-electron chi connectivity index (χ3n) is 4.69. The fourth-order valence-electron chi connectivity index (χ4n) is 3.26. The fourth-order valence-corrected chi connectivity index (χ4v) is 3.26. The van der Waals surface area contributed by atoms with Crippen molar-refractivity contribution in [2.45, 2.75) is 19.4 Å². The summed E-state index contributed by atoms with van der Waals surface area (Å²) in [6.45, 7) is 3.03. The van der Waals surface area contributed by atoms with Gasteiger partial charge in [0.25, 0.3) is 11.8 Å². The van der Waals surface area contributed by atoms with Crippen LogP contribution in [0.1, 0.15) is 44.9 Å². The van der Waals surface area contributed by atoms with Gasteiger partial charge in [-0.2, -0.15) is 0 Å². The van der Waals surface area contributed by atoms with Gasteiger partial charge >= 0.3 is 5.97 Å². The summed E-state index contributed by atoms with van der Waals surface area (Å²) in [5.41, 5.74) is 0.273. The van der Waals surface area contributed by atoms with Crippen LogP contribution in [0.15, 0.2) is 48.5 Å². The van der Waals surface area contributed by atoms with Crippen molar-refractivity contribution in [2.24, 2.45) is 0 Å². The Hall–Kier alpha value is -3.52. The summed E-state index contributed by atoms with van der Waals surface area (Å²) in [4.78, 5) is 50.5. The van der Waals surface area contributed by atoms with Crippen LogP contribution in [0.3, 0.4) is 0 Å². The number of fused-ring (bicyclic) bond motifs is 1. The predicted octanol–water partition coefficient (Wildman–Crippen LogP) is 2.50. The van der Waals surface area contributed by atoms with Gasteiger partial charge in [-0.3, -0.25) is 19.3 Å². The standard InChI is InChI=1S/C22H22N2O6/c1-22(2,24-19(26)14-8-4-5-9-15(14)20(24)27)13-30-12-18(25)23-17-11-7-6-10-16(17)21(28)29-3/h4-11H,12-13H2,1-3H3,(H,23,25). The van der Waals surface area contributed by atoms with E-state index in [0.717, 1.165) is 4.90 Å². The highest BCUT2D eigenvalue weighted by Gasteiger charge is 2.44. The normalized spacial score (nSPS) is 13.2. The molecule has 0 saturated heterocycles. The maximum absolute atomic E-state index is 12.6. The Kier molecular flexibility index (Phi) is 5.98. The maximum atomic E-state index is 12.6. The van der Waals surface area contributed by atoms with E-state index in [2.05, 4.69) is 5.32 Å². The first-order valence-electron chi connectivity index (χ1n) is 9.29. The van der Waals surface area contributed by atoms with Crippen molar-refractivity contribution >= 4 is 29.4 Å². The summed E-state index contributed by atoms with van der Waals surface area (Å²) in [5.74, 6) is -1.83. The Morgan fingerprint density at radius 3 is 2.13 bits per heavy atom. The van der Waals surface area contributed by atoms with Gasteiger partial charge in [0, 0.05) is 0 Å². The molecule has 30 heavy (non-hydrogen) atoms. The molecule has 0 atom stereocenters. The van der Waals surface area contributed by atoms with Crippen molar-refractivity contribution < 1.29 is 28.7 Å². The Bertz CT molecular complexity index is 979. The molecule has 8 heteroatoms. The molecule has 2 aromatic rings. The van der Waals surface area contributed by atoms with Gasteiger partial charge in [-0.05, 0) is 38.1 Å². The van der Waals surface area contributed by atoms with Crippen molar-refractivity contribution in [3.8, 4) is 0 Å². The molecule has 3 amide bonds. The highest BCUT2D eigenvalue weighted by Crippen LogP contribution is 2.29. The van der Waals surface area contributed by atoms with Gasteiger partial charge in [-0.1, -0.05) is 24.3 Å². The summed E-state index contributed by atoms with van der Waals surface area (Å²) < 4.78 is 10.2. The van der Waals surface area contributed by atoms with Gasteiger partial charge in [0.1, 0.15) is 6.61 Å². The topological polar surface area (TPSA) is 102 Å². The molecule has 0 bridgehead atoms. The van der Waals surface area contributed by atoms with Gasteiger partial charge in [0.2, 0.25) is 5.91 Å². The number of ether oxygens (including phenoxy) is 2. The van der Waals surface area contributed by atoms with E-state index in [1.165, 1.54) is 13.2 Å². The smallest absolute Gasteiger partial charge is 0.339 e. The van der Waals surface area contributed by atoms with E-state index in [1.807, 2.05) is 0 Å². The molecule has 0 aromatic heterocycles. The third kappa shape index (κ3) is 4.08. The van der Waals surface area contributed by atoms with Crippen molar-refractivity contribution in [3.05, 3.63) is 65.2 Å². The van der Waals surface area contributed by atoms with Crippen molar-refractivity contribution in [2.75, 3.05) is 25.6 Å². The maximum Gasteiger partial charge on any atom is 0.339 e. The lowest BCUT2D eigenvalue weighted by Gasteiger charge is -2.33. The number of hydrogen-bond donors (Lipinski definition) is 1. The second kappa shape index (κ2) is 8.46. The highest BCUT2D eigenvalue weighted by atomic mass is 16.5. The monoisotopic (exact) mass is 410 g/mol. The molecule has 0 saturated carbocycles. The van der Waals surface area contributed by atoms with E-state index in [1.54, 1.807) is 56.3 Å². The number of carbonyl (C=O) groups is 4. The van der Waals surface area contributed by atoms with Crippen molar-refractivity contribution in [3.63, 3.8) is 0 Å². The molecular weight excluding hydrogens is 388 g/mol. The lowest BCUT2D eigenvalue weighted by atomic mass is 10.0. The molecule has 3 rings (SSSR count). The van der Waals surface area contributed by atoms with Gasteiger partial charge in [-0.25, -0.2) is 4.79 Å². The van der Waals surface area contributed by atoms with Crippen LogP contribution < -0.4 is 5.32 Å². The molecule has 0 spiro atoms. The summed E-state index contributed by atoms with van der Waals surface area (Å²) >= 11 is 0. The number of amides is 3. The van der Waals surface area contributed by atoms with Crippen LogP contribution in [-0.2, 0) is 14.3 Å². The molecule has 0 aliphatic carbocycles. The van der Waals surface area contributed by atoms with Crippen LogP contribution >= 0.6 is 0 Å². The minimum atomic E-state index is -0.961. The molecule has 1 N–H and O–H groups in total. The third-order valence-corrected chi connectivity index (χ3v) is 4.69. The van der Waals surface area contributed by atoms with Crippen molar-refractivity contribution in [1.29, 1.82) is 0 Å². The zero-order valence-corrected chi connectivity index (χ0v) is 16.9. The van der Waals surface area contributed by atoms with Gasteiger partial charge < -0.3 is 14.8 Å². The van der Waals surface area contributed by atoms with Crippen LogP contribution in [0.2, 0.25) is 0 Å². The number of nitrogens with zero attached hydrogens (tertiary/aromatic N) is 1. The van der Waals surface area contributed by atoms with E-state index >= 15 is 0 Å². The van der Waals surface area contributed by atoms with Crippen LogP contribution in [0.5, 0.6) is 0 Å². The molecule has 1 aliphatic heterocycles. The predicted molar refractivity (Wildman–Crippen MR) is 108 cm³/mol. The van der Waals surface area contributed by atoms with E-state index in [-0.39, 0.29) is 30.6 Å². The van der Waals surface area contributed by atoms with Crippen molar-refractivity contribution in [1.82, 2.24) is 4.90 Å². The van der Waals surface area contributed by atoms with Crippen LogP contribution in [-0.4, -0.2) is 54.5 Å². The number of imide groups is 1. The van der Waals surface area contributed by atoms with Gasteiger partial charge in [0.05, 0.1) is 41.6 Å². The Morgan fingerprint density at radius 2 is 1.53 bits per heavy atom. The average molecular weight is 410 g/mol. The number of anilines is 1. The van der Waals surface area contributed by atoms with E-state index in [0.29, 0.717) is 16.8 Å². The highest BCUT2D eigenvalue weighted by molar-refractivity contribution is 6.21. The van der Waals surface area contributed by atoms with E-state index in [4.69, 9.17) is 9.47 Å². The average Bonchev–Trinajstić information content (AvgIpc) is 2.99. The summed E-state index contributed by atoms with van der Waals surface area (Å²) in [6, 6.07) is 13.1. The number of hydrogen-bond acceptors (Lipinski definition) is 6. The van der Waals surface area contributed by atoms with Crippen LogP contribution in [0.4, 0.5) is 5.69 Å². The second-order valence-electron chi connectivity index (χ2n) is 7.38. The quantitative estimate of drug-likeness (QED) is 0.556. The van der Waals surface area contributed by atoms with Crippen LogP contribution in [0, 0.1) is 0 Å².